The second-order valence-electron chi connectivity index (χ2n) is 22.6. The van der Waals surface area contributed by atoms with Crippen molar-refractivity contribution in [2.24, 2.45) is 10.8 Å². The van der Waals surface area contributed by atoms with Gasteiger partial charge in [0.15, 0.2) is 0 Å². The first-order valence-corrected chi connectivity index (χ1v) is 28.3. The minimum absolute atomic E-state index is 0.00635. The average Bonchev–Trinajstić information content (AvgIpc) is 4.31. The van der Waals surface area contributed by atoms with E-state index in [0.29, 0.717) is 61.1 Å². The number of rotatable bonds is 22. The van der Waals surface area contributed by atoms with E-state index in [1.165, 1.54) is 4.90 Å². The van der Waals surface area contributed by atoms with Gasteiger partial charge in [-0.1, -0.05) is 68.8 Å². The van der Waals surface area contributed by atoms with Crippen LogP contribution in [-0.4, -0.2) is 170 Å². The summed E-state index contributed by atoms with van der Waals surface area (Å²) in [6.45, 7) is 24.0. The smallest absolute Gasteiger partial charge is 0.246 e. The number of hydrogen-bond acceptors (Lipinski definition) is 14. The molecule has 3 amide bonds. The maximum Gasteiger partial charge on any atom is 0.246 e. The quantitative estimate of drug-likeness (QED) is 0.0571. The van der Waals surface area contributed by atoms with Crippen LogP contribution in [0, 0.1) is 37.4 Å². The Bertz CT molecular complexity index is 2850. The van der Waals surface area contributed by atoms with Crippen LogP contribution in [0.15, 0.2) is 54.0 Å². The van der Waals surface area contributed by atoms with E-state index in [9.17, 15) is 23.9 Å². The van der Waals surface area contributed by atoms with Crippen molar-refractivity contribution >= 4 is 63.3 Å². The largest absolute Gasteiger partial charge is 0.391 e. The molecule has 3 aromatic carbocycles. The number of nitrogens with zero attached hydrogens (tertiary/aromatic N) is 7. The fourth-order valence-corrected chi connectivity index (χ4v) is 12.1. The molecule has 0 aliphatic carbocycles. The molecule has 17 nitrogen and oxygen atoms in total. The Labute approximate surface area is 460 Å². The molecule has 4 N–H and O–H groups in total. The molecule has 0 saturated carbocycles. The highest BCUT2D eigenvalue weighted by molar-refractivity contribution is 7.13. The number of thiazole rings is 1. The third-order valence-corrected chi connectivity index (χ3v) is 16.7. The molecule has 20 heteroatoms. The van der Waals surface area contributed by atoms with E-state index in [4.69, 9.17) is 30.8 Å². The van der Waals surface area contributed by atoms with Crippen molar-refractivity contribution in [3.63, 3.8) is 0 Å². The number of halogens is 2. The Morgan fingerprint density at radius 3 is 2.19 bits per heavy atom. The minimum Gasteiger partial charge on any atom is -0.391 e. The van der Waals surface area contributed by atoms with Gasteiger partial charge in [-0.05, 0) is 73.1 Å². The number of aliphatic hydroxyl groups is 1. The summed E-state index contributed by atoms with van der Waals surface area (Å²) in [6.07, 6.45) is -0.733. The van der Waals surface area contributed by atoms with Crippen LogP contribution in [0.5, 0.6) is 0 Å². The highest BCUT2D eigenvalue weighted by Gasteiger charge is 2.49. The lowest BCUT2D eigenvalue weighted by atomic mass is 9.75. The molecular weight excluding hydrogens is 1020 g/mol. The fraction of sp³-hybridized carbons (Fsp3) is 0.561. The molecule has 5 aromatic rings. The number of aromatic nitrogens is 3. The van der Waals surface area contributed by atoms with Gasteiger partial charge in [0.05, 0.1) is 85.6 Å². The number of nitrogens with one attached hydrogen (secondary N) is 3. The number of benzene rings is 3. The number of carbonyl (C=O) groups is 3. The number of hydrogen-bond donors (Lipinski definition) is 4. The summed E-state index contributed by atoms with van der Waals surface area (Å²) in [5.74, 6) is -0.357. The Morgan fingerprint density at radius 2 is 1.57 bits per heavy atom. The van der Waals surface area contributed by atoms with Crippen molar-refractivity contribution in [3.8, 4) is 10.4 Å². The van der Waals surface area contributed by atoms with E-state index >= 15 is 0 Å². The van der Waals surface area contributed by atoms with Gasteiger partial charge < -0.3 is 54.5 Å². The zero-order valence-electron chi connectivity index (χ0n) is 45.6. The summed E-state index contributed by atoms with van der Waals surface area (Å²) in [6, 6.07) is 13.7. The van der Waals surface area contributed by atoms with E-state index in [1.807, 2.05) is 103 Å². The molecular formula is C57H76ClFN10O7S. The molecule has 4 atom stereocenters. The van der Waals surface area contributed by atoms with Crippen molar-refractivity contribution in [1.29, 1.82) is 0 Å². The number of likely N-dealkylation sites (tertiary alicyclic amines) is 1. The Balaban J connectivity index is 0.664. The number of imidazole rings is 1. The van der Waals surface area contributed by atoms with Gasteiger partial charge in [0.2, 0.25) is 23.7 Å². The van der Waals surface area contributed by atoms with Gasteiger partial charge in [-0.15, -0.1) is 11.3 Å². The summed E-state index contributed by atoms with van der Waals surface area (Å²) in [7, 11) is 0. The number of anilines is 2. The predicted octanol–water partition coefficient (Wildman–Crippen LogP) is 6.27. The van der Waals surface area contributed by atoms with Gasteiger partial charge in [-0.25, -0.2) is 14.4 Å². The van der Waals surface area contributed by atoms with Crippen molar-refractivity contribution in [2.45, 2.75) is 92.1 Å². The number of aryl methyl sites for hydroxylation is 3. The first kappa shape index (κ1) is 56.5. The number of fused-ring (bicyclic) bond motifs is 1. The molecule has 1 spiro atoms. The van der Waals surface area contributed by atoms with Gasteiger partial charge in [0.25, 0.3) is 0 Å². The SMILES string of the molecule is Cc1cc(Cn2c(N3CC4(CNC4)C3)nc3c(N4CCN(CCOCCOCCOCCC(=O)N[C@H](C(=O)N5C[C@H](O)C[C@H]5C(=O)N[C@@H](C)c5ccc(-c6scnc6C)cc5)C(C)(C)C)CC4)cc(Cl)cc32)cc(C)c1F. The molecule has 4 saturated heterocycles. The van der Waals surface area contributed by atoms with Crippen molar-refractivity contribution in [2.75, 3.05) is 115 Å². The number of aliphatic hydroxyl groups excluding tert-OH is 1. The number of carbonyl (C=O) groups excluding carboxylic acids is 3. The molecule has 0 radical (unpaired) electrons. The van der Waals surface area contributed by atoms with Crippen LogP contribution in [0.1, 0.15) is 74.5 Å². The average molecular weight is 1100 g/mol. The molecule has 0 bridgehead atoms. The topological polar surface area (TPSA) is 179 Å². The fourth-order valence-electron chi connectivity index (χ4n) is 11.1. The molecule has 4 fully saturated rings. The zero-order valence-corrected chi connectivity index (χ0v) is 47.2. The van der Waals surface area contributed by atoms with Crippen LogP contribution in [0.25, 0.3) is 21.5 Å². The van der Waals surface area contributed by atoms with Crippen molar-refractivity contribution < 1.29 is 38.1 Å². The molecule has 416 valence electrons. The maximum absolute atomic E-state index is 14.6. The van der Waals surface area contributed by atoms with Crippen molar-refractivity contribution in [1.82, 2.24) is 40.3 Å². The summed E-state index contributed by atoms with van der Waals surface area (Å²) in [5.41, 5.74) is 9.64. The molecule has 0 unspecified atom stereocenters. The Kier molecular flexibility index (Phi) is 17.9. The van der Waals surface area contributed by atoms with Gasteiger partial charge in [-0.2, -0.15) is 0 Å². The van der Waals surface area contributed by atoms with E-state index in [-0.39, 0.29) is 49.7 Å². The van der Waals surface area contributed by atoms with Crippen LogP contribution in [-0.2, 0) is 35.1 Å². The van der Waals surface area contributed by atoms with E-state index in [0.717, 1.165) is 109 Å². The normalized spacial score (nSPS) is 19.4. The van der Waals surface area contributed by atoms with Crippen molar-refractivity contribution in [3.05, 3.63) is 92.8 Å². The van der Waals surface area contributed by atoms with Gasteiger partial charge in [0.1, 0.15) is 23.4 Å². The maximum atomic E-state index is 14.6. The number of β-amino-alcohol motifs (C(OH)–C–C–N with tert-alkyl or cyclic N) is 1. The first-order chi connectivity index (χ1) is 36.9. The molecule has 2 aromatic heterocycles. The number of amides is 3. The highest BCUT2D eigenvalue weighted by Crippen LogP contribution is 2.41. The Morgan fingerprint density at radius 1 is 0.909 bits per heavy atom. The van der Waals surface area contributed by atoms with Crippen LogP contribution in [0.2, 0.25) is 5.02 Å². The molecule has 4 aliphatic heterocycles. The van der Waals surface area contributed by atoms with E-state index < -0.39 is 29.5 Å². The molecule has 9 rings (SSSR count). The monoisotopic (exact) mass is 1100 g/mol. The first-order valence-electron chi connectivity index (χ1n) is 27.1. The van der Waals surface area contributed by atoms with Crippen LogP contribution >= 0.6 is 22.9 Å². The minimum atomic E-state index is -0.932. The van der Waals surface area contributed by atoms with Gasteiger partial charge >= 0.3 is 0 Å². The molecule has 4 aliphatic rings. The lowest BCUT2D eigenvalue weighted by Crippen LogP contribution is -2.71. The summed E-state index contributed by atoms with van der Waals surface area (Å²) >= 11 is 8.45. The summed E-state index contributed by atoms with van der Waals surface area (Å²) in [4.78, 5) is 60.3. The summed E-state index contributed by atoms with van der Waals surface area (Å²) in [5, 5.41) is 20.7. The highest BCUT2D eigenvalue weighted by atomic mass is 35.5. The molecule has 77 heavy (non-hydrogen) atoms. The number of ether oxygens (including phenoxy) is 3. The van der Waals surface area contributed by atoms with Gasteiger partial charge in [0, 0.05) is 88.7 Å². The van der Waals surface area contributed by atoms with E-state index in [1.54, 1.807) is 11.3 Å². The second kappa shape index (κ2) is 24.4. The van der Waals surface area contributed by atoms with Crippen LogP contribution < -0.4 is 25.8 Å². The van der Waals surface area contributed by atoms with Crippen LogP contribution in [0.4, 0.5) is 16.0 Å². The Hall–Kier alpha value is -5.25. The van der Waals surface area contributed by atoms with Gasteiger partial charge in [-0.3, -0.25) is 19.3 Å². The lowest BCUT2D eigenvalue weighted by Gasteiger charge is -2.56. The third-order valence-electron chi connectivity index (χ3n) is 15.5. The number of piperazine rings is 1. The lowest BCUT2D eigenvalue weighted by molar-refractivity contribution is -0.144. The second-order valence-corrected chi connectivity index (χ2v) is 23.9. The predicted molar refractivity (Wildman–Crippen MR) is 299 cm³/mol. The zero-order chi connectivity index (χ0) is 54.6. The van der Waals surface area contributed by atoms with E-state index in [2.05, 4.69) is 40.2 Å². The molecule has 6 heterocycles. The summed E-state index contributed by atoms with van der Waals surface area (Å²) < 4.78 is 34.3. The standard InChI is InChI=1S/C57H76ClFN10O7S/c1-36-24-40(25-37(2)49(36)59)29-69-46-27-43(58)26-45(50(46)64-55(69)67-33-57(34-67)31-60-32-57)66-15-13-65(14-16-66)17-19-75-21-23-76-22-20-74-18-12-48(71)63-52(56(5,6)7)54(73)68-30-44(70)28-47(68)53(72)62-38(3)41-8-10-42(11-9-41)51-39(4)61-35-77-51/h8-11,24-27,35,38,44,47,52,60,70H,12-23,28-34H2,1-7H3,(H,62,72)(H,63,71)/t38-,44+,47-,52+/m0/s1. The third kappa shape index (κ3) is 13.3. The van der Waals surface area contributed by atoms with Crippen LogP contribution in [0.3, 0.4) is 0 Å².